The lowest BCUT2D eigenvalue weighted by Gasteiger charge is -2.08. The van der Waals surface area contributed by atoms with Crippen molar-refractivity contribution in [3.8, 4) is 11.1 Å². The van der Waals surface area contributed by atoms with Crippen LogP contribution >= 0.6 is 11.3 Å². The number of benzene rings is 1. The zero-order valence-electron chi connectivity index (χ0n) is 17.3. The summed E-state index contributed by atoms with van der Waals surface area (Å²) in [7, 11) is 0. The van der Waals surface area contributed by atoms with Crippen molar-refractivity contribution < 1.29 is 4.79 Å². The van der Waals surface area contributed by atoms with Crippen molar-refractivity contribution in [3.05, 3.63) is 87.6 Å². The maximum absolute atomic E-state index is 13.3. The van der Waals surface area contributed by atoms with Gasteiger partial charge in [0, 0.05) is 33.9 Å². The summed E-state index contributed by atoms with van der Waals surface area (Å²) < 4.78 is 3.46. The van der Waals surface area contributed by atoms with Gasteiger partial charge in [-0.05, 0) is 32.4 Å². The second-order valence-corrected chi connectivity index (χ2v) is 8.57. The van der Waals surface area contributed by atoms with E-state index >= 15 is 0 Å². The molecule has 0 unspecified atom stereocenters. The second-order valence-electron chi connectivity index (χ2n) is 7.36. The molecule has 0 fully saturated rings. The van der Waals surface area contributed by atoms with Crippen LogP contribution in [0.25, 0.3) is 21.3 Å². The highest BCUT2D eigenvalue weighted by Gasteiger charge is 2.20. The molecule has 0 N–H and O–H groups in total. The minimum absolute atomic E-state index is 0.0384. The van der Waals surface area contributed by atoms with Crippen molar-refractivity contribution >= 4 is 27.3 Å². The standard InChI is InChI=1S/C24H23N3O2S/c1-5-11-27-15(2)12-19(16(27)3)20(28)13-26-14-25-23-22(24(26)29)21(17(4)30-23)18-9-7-6-8-10-18/h5-10,12,14H,1,11,13H2,2-4H3. The van der Waals surface area contributed by atoms with Crippen LogP contribution in [0.1, 0.15) is 26.6 Å². The van der Waals surface area contributed by atoms with Gasteiger partial charge >= 0.3 is 0 Å². The van der Waals surface area contributed by atoms with E-state index in [-0.39, 0.29) is 17.9 Å². The number of aromatic nitrogens is 3. The van der Waals surface area contributed by atoms with Gasteiger partial charge in [-0.15, -0.1) is 17.9 Å². The zero-order chi connectivity index (χ0) is 21.4. The van der Waals surface area contributed by atoms with E-state index in [9.17, 15) is 9.59 Å². The van der Waals surface area contributed by atoms with E-state index in [2.05, 4.69) is 11.6 Å². The van der Waals surface area contributed by atoms with E-state index in [4.69, 9.17) is 0 Å². The Morgan fingerprint density at radius 2 is 1.93 bits per heavy atom. The van der Waals surface area contributed by atoms with Crippen LogP contribution in [0.3, 0.4) is 0 Å². The van der Waals surface area contributed by atoms with Crippen LogP contribution in [0.4, 0.5) is 0 Å². The van der Waals surface area contributed by atoms with Crippen molar-refractivity contribution in [1.82, 2.24) is 14.1 Å². The lowest BCUT2D eigenvalue weighted by atomic mass is 10.0. The average Bonchev–Trinajstić information content (AvgIpc) is 3.22. The summed E-state index contributed by atoms with van der Waals surface area (Å²) >= 11 is 1.50. The number of allylic oxidation sites excluding steroid dienone is 1. The molecule has 1 aromatic carbocycles. The minimum Gasteiger partial charge on any atom is -0.345 e. The van der Waals surface area contributed by atoms with Gasteiger partial charge in [0.25, 0.3) is 5.56 Å². The first-order chi connectivity index (χ1) is 14.4. The third-order valence-electron chi connectivity index (χ3n) is 5.42. The van der Waals surface area contributed by atoms with Crippen LogP contribution in [0.15, 0.2) is 60.2 Å². The zero-order valence-corrected chi connectivity index (χ0v) is 18.1. The maximum atomic E-state index is 13.3. The van der Waals surface area contributed by atoms with Crippen LogP contribution in [-0.2, 0) is 13.1 Å². The van der Waals surface area contributed by atoms with Gasteiger partial charge in [-0.25, -0.2) is 4.98 Å². The SMILES string of the molecule is C=CCn1c(C)cc(C(=O)Cn2cnc3sc(C)c(-c4ccccc4)c3c2=O)c1C. The predicted molar refractivity (Wildman–Crippen MR) is 122 cm³/mol. The molecule has 0 saturated carbocycles. The van der Waals surface area contributed by atoms with Gasteiger partial charge in [-0.1, -0.05) is 36.4 Å². The largest absolute Gasteiger partial charge is 0.345 e. The van der Waals surface area contributed by atoms with Gasteiger partial charge in [0.1, 0.15) is 4.83 Å². The number of nitrogens with zero attached hydrogens (tertiary/aromatic N) is 3. The molecule has 0 radical (unpaired) electrons. The Balaban J connectivity index is 1.77. The fourth-order valence-corrected chi connectivity index (χ4v) is 4.94. The topological polar surface area (TPSA) is 56.9 Å². The highest BCUT2D eigenvalue weighted by molar-refractivity contribution is 7.19. The summed E-state index contributed by atoms with van der Waals surface area (Å²) in [4.78, 5) is 32.6. The number of carbonyl (C=O) groups excluding carboxylic acids is 1. The van der Waals surface area contributed by atoms with Gasteiger partial charge in [0.05, 0.1) is 18.3 Å². The minimum atomic E-state index is -0.184. The predicted octanol–water partition coefficient (Wildman–Crippen LogP) is 4.92. The molecule has 0 spiro atoms. The van der Waals surface area contributed by atoms with Gasteiger partial charge < -0.3 is 4.57 Å². The Morgan fingerprint density at radius 3 is 2.63 bits per heavy atom. The van der Waals surface area contributed by atoms with Crippen LogP contribution in [-0.4, -0.2) is 19.9 Å². The molecule has 4 rings (SSSR count). The number of aryl methyl sites for hydroxylation is 2. The highest BCUT2D eigenvalue weighted by Crippen LogP contribution is 2.35. The van der Waals surface area contributed by atoms with Crippen molar-refractivity contribution in [2.24, 2.45) is 0 Å². The highest BCUT2D eigenvalue weighted by atomic mass is 32.1. The maximum Gasteiger partial charge on any atom is 0.263 e. The number of ketones is 1. The summed E-state index contributed by atoms with van der Waals surface area (Å²) in [5.74, 6) is -0.102. The molecule has 4 aromatic rings. The number of fused-ring (bicyclic) bond motifs is 1. The fourth-order valence-electron chi connectivity index (χ4n) is 3.94. The fraction of sp³-hybridized carbons (Fsp3) is 0.208. The molecule has 152 valence electrons. The number of thiophene rings is 1. The van der Waals surface area contributed by atoms with E-state index in [1.165, 1.54) is 22.2 Å². The summed E-state index contributed by atoms with van der Waals surface area (Å²) in [5, 5.41) is 0.580. The number of rotatable bonds is 6. The molecule has 30 heavy (non-hydrogen) atoms. The third-order valence-corrected chi connectivity index (χ3v) is 6.43. The van der Waals surface area contributed by atoms with Gasteiger partial charge in [0.15, 0.2) is 5.78 Å². The van der Waals surface area contributed by atoms with E-state index < -0.39 is 0 Å². The molecule has 0 bridgehead atoms. The average molecular weight is 418 g/mol. The second kappa shape index (κ2) is 7.88. The van der Waals surface area contributed by atoms with Crippen molar-refractivity contribution in [2.45, 2.75) is 33.9 Å². The number of Topliss-reactive ketones (excluding diaryl/α,β-unsaturated/α-hetero) is 1. The first kappa shape index (κ1) is 20.0. The van der Waals surface area contributed by atoms with E-state index in [1.807, 2.05) is 61.7 Å². The van der Waals surface area contributed by atoms with Crippen molar-refractivity contribution in [3.63, 3.8) is 0 Å². The summed E-state index contributed by atoms with van der Waals surface area (Å²) in [6, 6.07) is 11.7. The van der Waals surface area contributed by atoms with E-state index in [1.54, 1.807) is 6.08 Å². The summed E-state index contributed by atoms with van der Waals surface area (Å²) in [6.07, 6.45) is 3.29. The Bertz CT molecular complexity index is 1330. The molecule has 0 saturated heterocycles. The molecule has 6 heteroatoms. The molecule has 0 aliphatic rings. The summed E-state index contributed by atoms with van der Waals surface area (Å²) in [6.45, 7) is 10.3. The van der Waals surface area contributed by atoms with Gasteiger partial charge in [-0.3, -0.25) is 14.2 Å². The van der Waals surface area contributed by atoms with E-state index in [0.717, 1.165) is 27.4 Å². The Hall–Kier alpha value is -3.25. The molecule has 0 aliphatic heterocycles. The lowest BCUT2D eigenvalue weighted by molar-refractivity contribution is 0.0970. The Kier molecular flexibility index (Phi) is 5.26. The number of hydrogen-bond donors (Lipinski definition) is 0. The van der Waals surface area contributed by atoms with Gasteiger partial charge in [-0.2, -0.15) is 0 Å². The molecule has 0 aliphatic carbocycles. The van der Waals surface area contributed by atoms with Crippen LogP contribution in [0.2, 0.25) is 0 Å². The Labute approximate surface area is 178 Å². The molecule has 3 aromatic heterocycles. The third kappa shape index (κ3) is 3.33. The molecule has 0 amide bonds. The van der Waals surface area contributed by atoms with Gasteiger partial charge in [0.2, 0.25) is 0 Å². The van der Waals surface area contributed by atoms with Crippen LogP contribution in [0, 0.1) is 20.8 Å². The lowest BCUT2D eigenvalue weighted by Crippen LogP contribution is -2.24. The first-order valence-corrected chi connectivity index (χ1v) is 10.6. The van der Waals surface area contributed by atoms with Crippen molar-refractivity contribution in [1.29, 1.82) is 0 Å². The molecular formula is C24H23N3O2S. The number of carbonyl (C=O) groups is 1. The summed E-state index contributed by atoms with van der Waals surface area (Å²) in [5.41, 5.74) is 4.21. The smallest absolute Gasteiger partial charge is 0.263 e. The molecule has 3 heterocycles. The number of hydrogen-bond acceptors (Lipinski definition) is 4. The van der Waals surface area contributed by atoms with Crippen molar-refractivity contribution in [2.75, 3.05) is 0 Å². The molecule has 0 atom stereocenters. The molecular weight excluding hydrogens is 394 g/mol. The monoisotopic (exact) mass is 417 g/mol. The Morgan fingerprint density at radius 1 is 1.20 bits per heavy atom. The quantitative estimate of drug-likeness (QED) is 0.330. The van der Waals surface area contributed by atoms with E-state index in [0.29, 0.717) is 22.3 Å². The van der Waals surface area contributed by atoms with Crippen LogP contribution in [0.5, 0.6) is 0 Å². The first-order valence-electron chi connectivity index (χ1n) is 9.77. The van der Waals surface area contributed by atoms with Crippen LogP contribution < -0.4 is 5.56 Å². The molecule has 5 nitrogen and oxygen atoms in total. The normalized spacial score (nSPS) is 11.2.